The maximum absolute atomic E-state index is 11.8. The van der Waals surface area contributed by atoms with Crippen LogP contribution in [0.4, 0.5) is 0 Å². The number of benzene rings is 1. The van der Waals surface area contributed by atoms with Gasteiger partial charge in [0.25, 0.3) is 0 Å². The van der Waals surface area contributed by atoms with E-state index >= 15 is 0 Å². The molecule has 0 fully saturated rings. The normalized spacial score (nSPS) is 10.9. The number of ketones is 1. The summed E-state index contributed by atoms with van der Waals surface area (Å²) in [6.45, 7) is 2.60. The lowest BCUT2D eigenvalue weighted by Gasteiger charge is -1.96. The molecule has 0 aliphatic carbocycles. The lowest BCUT2D eigenvalue weighted by molar-refractivity contribution is 0.0977. The molecule has 1 aromatic heterocycles. The highest BCUT2D eigenvalue weighted by Gasteiger charge is 2.09. The van der Waals surface area contributed by atoms with Crippen molar-refractivity contribution in [2.75, 3.05) is 6.54 Å². The molecule has 0 aliphatic rings. The minimum Gasteiger partial charge on any atom is -0.352 e. The third-order valence-corrected chi connectivity index (χ3v) is 2.77. The van der Waals surface area contributed by atoms with Gasteiger partial charge < -0.3 is 10.7 Å². The first kappa shape index (κ1) is 10.9. The van der Waals surface area contributed by atoms with Gasteiger partial charge in [0.2, 0.25) is 0 Å². The number of nitrogens with one attached hydrogen (secondary N) is 1. The van der Waals surface area contributed by atoms with Crippen LogP contribution in [0.2, 0.25) is 0 Å². The molecule has 1 aromatic carbocycles. The van der Waals surface area contributed by atoms with Crippen LogP contribution < -0.4 is 5.73 Å². The van der Waals surface area contributed by atoms with Gasteiger partial charge in [0.15, 0.2) is 5.78 Å². The Labute approximate surface area is 94.6 Å². The number of rotatable bonds is 4. The summed E-state index contributed by atoms with van der Waals surface area (Å²) in [6.07, 6.45) is 1.26. The van der Waals surface area contributed by atoms with Crippen molar-refractivity contribution < 1.29 is 4.79 Å². The topological polar surface area (TPSA) is 58.9 Å². The van der Waals surface area contributed by atoms with E-state index in [4.69, 9.17) is 5.73 Å². The molecule has 0 bridgehead atoms. The van der Waals surface area contributed by atoms with Crippen molar-refractivity contribution >= 4 is 16.7 Å². The number of Topliss-reactive ketones (excluding diaryl/α,β-unsaturated/α-hetero) is 1. The van der Waals surface area contributed by atoms with Gasteiger partial charge in [0.1, 0.15) is 0 Å². The molecule has 0 amide bonds. The van der Waals surface area contributed by atoms with Gasteiger partial charge in [-0.05, 0) is 31.5 Å². The van der Waals surface area contributed by atoms with E-state index in [1.165, 1.54) is 0 Å². The standard InChI is InChI=1S/C13H16N2O/c1-9-4-2-5-10-8-11(15-13(9)10)12(16)6-3-7-14/h2,4-5,8,15H,3,6-7,14H2,1H3. The van der Waals surface area contributed by atoms with E-state index in [2.05, 4.69) is 4.98 Å². The van der Waals surface area contributed by atoms with E-state index in [0.717, 1.165) is 22.9 Å². The number of fused-ring (bicyclic) bond motifs is 1. The summed E-state index contributed by atoms with van der Waals surface area (Å²) in [7, 11) is 0. The van der Waals surface area contributed by atoms with E-state index in [-0.39, 0.29) is 5.78 Å². The van der Waals surface area contributed by atoms with Crippen LogP contribution in [0.1, 0.15) is 28.9 Å². The van der Waals surface area contributed by atoms with Gasteiger partial charge in [0.05, 0.1) is 5.69 Å². The maximum atomic E-state index is 11.8. The molecule has 0 radical (unpaired) electrons. The first-order valence-electron chi connectivity index (χ1n) is 5.54. The fraction of sp³-hybridized carbons (Fsp3) is 0.308. The highest BCUT2D eigenvalue weighted by Crippen LogP contribution is 2.19. The second-order valence-electron chi connectivity index (χ2n) is 4.04. The summed E-state index contributed by atoms with van der Waals surface area (Å²) in [6, 6.07) is 7.96. The summed E-state index contributed by atoms with van der Waals surface area (Å²) in [4.78, 5) is 15.0. The van der Waals surface area contributed by atoms with Crippen molar-refractivity contribution in [2.45, 2.75) is 19.8 Å². The molecule has 0 saturated carbocycles. The highest BCUT2D eigenvalue weighted by molar-refractivity contribution is 5.99. The van der Waals surface area contributed by atoms with E-state index in [1.54, 1.807) is 0 Å². The second-order valence-corrected chi connectivity index (χ2v) is 4.04. The van der Waals surface area contributed by atoms with Gasteiger partial charge >= 0.3 is 0 Å². The first-order valence-corrected chi connectivity index (χ1v) is 5.54. The molecule has 2 rings (SSSR count). The van der Waals surface area contributed by atoms with Gasteiger partial charge in [-0.15, -0.1) is 0 Å². The van der Waals surface area contributed by atoms with Crippen molar-refractivity contribution in [1.82, 2.24) is 4.98 Å². The fourth-order valence-corrected chi connectivity index (χ4v) is 1.86. The zero-order valence-electron chi connectivity index (χ0n) is 9.42. The largest absolute Gasteiger partial charge is 0.352 e. The summed E-state index contributed by atoms with van der Waals surface area (Å²) in [5.74, 6) is 0.140. The van der Waals surface area contributed by atoms with E-state index in [0.29, 0.717) is 18.7 Å². The molecule has 84 valence electrons. The molecule has 3 heteroatoms. The third kappa shape index (κ3) is 1.99. The van der Waals surface area contributed by atoms with Gasteiger partial charge in [0, 0.05) is 17.3 Å². The second kappa shape index (κ2) is 4.49. The predicted octanol–water partition coefficient (Wildman–Crippen LogP) is 2.40. The first-order chi connectivity index (χ1) is 7.72. The Bertz CT molecular complexity index is 514. The van der Waals surface area contributed by atoms with Crippen molar-refractivity contribution in [3.63, 3.8) is 0 Å². The lowest BCUT2D eigenvalue weighted by atomic mass is 10.1. The Balaban J connectivity index is 2.32. The SMILES string of the molecule is Cc1cccc2cc(C(=O)CCCN)[nH]c12. The molecular formula is C13H16N2O. The van der Waals surface area contributed by atoms with E-state index in [1.807, 2.05) is 31.2 Å². The number of H-pyrrole nitrogens is 1. The van der Waals surface area contributed by atoms with Gasteiger partial charge in [-0.2, -0.15) is 0 Å². The molecule has 0 unspecified atom stereocenters. The minimum absolute atomic E-state index is 0.140. The average Bonchev–Trinajstić information content (AvgIpc) is 2.71. The quantitative estimate of drug-likeness (QED) is 0.771. The van der Waals surface area contributed by atoms with Gasteiger partial charge in [-0.1, -0.05) is 18.2 Å². The van der Waals surface area contributed by atoms with Crippen LogP contribution in [0.5, 0.6) is 0 Å². The molecule has 2 aromatic rings. The molecule has 0 atom stereocenters. The number of carbonyl (C=O) groups excluding carboxylic acids is 1. The van der Waals surface area contributed by atoms with Gasteiger partial charge in [-0.25, -0.2) is 0 Å². The van der Waals surface area contributed by atoms with Crippen LogP contribution in [-0.2, 0) is 0 Å². The molecular weight excluding hydrogens is 200 g/mol. The number of hydrogen-bond acceptors (Lipinski definition) is 2. The molecule has 1 heterocycles. The Kier molecular flexibility index (Phi) is 3.06. The average molecular weight is 216 g/mol. The van der Waals surface area contributed by atoms with Crippen LogP contribution in [0, 0.1) is 6.92 Å². The predicted molar refractivity (Wildman–Crippen MR) is 65.7 cm³/mol. The van der Waals surface area contributed by atoms with Crippen molar-refractivity contribution in [3.05, 3.63) is 35.5 Å². The fourth-order valence-electron chi connectivity index (χ4n) is 1.86. The Morgan fingerprint density at radius 2 is 2.25 bits per heavy atom. The number of aromatic nitrogens is 1. The molecule has 0 aliphatic heterocycles. The Morgan fingerprint density at radius 1 is 1.44 bits per heavy atom. The molecule has 3 nitrogen and oxygen atoms in total. The molecule has 16 heavy (non-hydrogen) atoms. The summed E-state index contributed by atoms with van der Waals surface area (Å²) < 4.78 is 0. The summed E-state index contributed by atoms with van der Waals surface area (Å²) in [5.41, 5.74) is 8.30. The number of aromatic amines is 1. The van der Waals surface area contributed by atoms with Crippen LogP contribution in [0.3, 0.4) is 0 Å². The smallest absolute Gasteiger partial charge is 0.179 e. The van der Waals surface area contributed by atoms with Crippen molar-refractivity contribution in [3.8, 4) is 0 Å². The van der Waals surface area contributed by atoms with Crippen molar-refractivity contribution in [2.24, 2.45) is 5.73 Å². The van der Waals surface area contributed by atoms with Crippen LogP contribution in [-0.4, -0.2) is 17.3 Å². The minimum atomic E-state index is 0.140. The Hall–Kier alpha value is -1.61. The van der Waals surface area contributed by atoms with Gasteiger partial charge in [-0.3, -0.25) is 4.79 Å². The highest BCUT2D eigenvalue weighted by atomic mass is 16.1. The number of para-hydroxylation sites is 1. The molecule has 0 spiro atoms. The summed E-state index contributed by atoms with van der Waals surface area (Å²) >= 11 is 0. The number of carbonyl (C=O) groups is 1. The Morgan fingerprint density at radius 3 is 2.94 bits per heavy atom. The molecule has 3 N–H and O–H groups in total. The van der Waals surface area contributed by atoms with Crippen LogP contribution in [0.25, 0.3) is 10.9 Å². The van der Waals surface area contributed by atoms with E-state index < -0.39 is 0 Å². The number of nitrogens with two attached hydrogens (primary N) is 1. The number of hydrogen-bond donors (Lipinski definition) is 2. The lowest BCUT2D eigenvalue weighted by Crippen LogP contribution is -2.05. The monoisotopic (exact) mass is 216 g/mol. The zero-order chi connectivity index (χ0) is 11.5. The van der Waals surface area contributed by atoms with Crippen LogP contribution >= 0.6 is 0 Å². The number of aryl methyl sites for hydroxylation is 1. The zero-order valence-corrected chi connectivity index (χ0v) is 9.42. The maximum Gasteiger partial charge on any atom is 0.179 e. The third-order valence-electron chi connectivity index (χ3n) is 2.77. The van der Waals surface area contributed by atoms with Crippen LogP contribution in [0.15, 0.2) is 24.3 Å². The summed E-state index contributed by atoms with van der Waals surface area (Å²) in [5, 5.41) is 1.09. The molecule has 0 saturated heterocycles. The van der Waals surface area contributed by atoms with E-state index in [9.17, 15) is 4.79 Å². The van der Waals surface area contributed by atoms with Crippen molar-refractivity contribution in [1.29, 1.82) is 0 Å².